The molecule has 0 aromatic rings. The summed E-state index contributed by atoms with van der Waals surface area (Å²) in [6, 6.07) is 0. The summed E-state index contributed by atoms with van der Waals surface area (Å²) in [6.45, 7) is 11.5. The number of hydrogen-bond acceptors (Lipinski definition) is 3. The molecule has 4 nitrogen and oxygen atoms in total. The Kier molecular flexibility index (Phi) is 3.74. The highest BCUT2D eigenvalue weighted by atomic mass is 16.6. The summed E-state index contributed by atoms with van der Waals surface area (Å²) in [5, 5.41) is 0. The van der Waals surface area contributed by atoms with Gasteiger partial charge in [-0.3, -0.25) is 0 Å². The van der Waals surface area contributed by atoms with Crippen molar-refractivity contribution in [2.45, 2.75) is 26.4 Å². The van der Waals surface area contributed by atoms with Crippen molar-refractivity contribution in [3.63, 3.8) is 0 Å². The van der Waals surface area contributed by atoms with Gasteiger partial charge >= 0.3 is 6.09 Å². The van der Waals surface area contributed by atoms with Crippen LogP contribution in [0.25, 0.3) is 0 Å². The van der Waals surface area contributed by atoms with Gasteiger partial charge in [-0.15, -0.1) is 0 Å². The zero-order valence-electron chi connectivity index (χ0n) is 9.71. The summed E-state index contributed by atoms with van der Waals surface area (Å²) >= 11 is 0. The normalized spacial score (nSPS) is 18.6. The third-order valence-electron chi connectivity index (χ3n) is 1.88. The molecule has 86 valence electrons. The number of nitrogens with zero attached hydrogens (tertiary/aromatic N) is 1. The Morgan fingerprint density at radius 3 is 2.80 bits per heavy atom. The molecule has 0 atom stereocenters. The molecular formula is C11H19NO3. The topological polar surface area (TPSA) is 38.8 Å². The molecule has 1 fully saturated rings. The summed E-state index contributed by atoms with van der Waals surface area (Å²) < 4.78 is 10.5. The van der Waals surface area contributed by atoms with Crippen molar-refractivity contribution < 1.29 is 14.3 Å². The molecule has 0 spiro atoms. The van der Waals surface area contributed by atoms with Crippen molar-refractivity contribution in [1.29, 1.82) is 0 Å². The highest BCUT2D eigenvalue weighted by molar-refractivity contribution is 5.68. The van der Waals surface area contributed by atoms with Gasteiger partial charge in [-0.25, -0.2) is 4.79 Å². The van der Waals surface area contributed by atoms with E-state index >= 15 is 0 Å². The second-order valence-corrected chi connectivity index (χ2v) is 4.70. The van der Waals surface area contributed by atoms with E-state index in [1.54, 1.807) is 4.90 Å². The average Bonchev–Trinajstić information content (AvgIpc) is 2.26. The van der Waals surface area contributed by atoms with Gasteiger partial charge in [0.15, 0.2) is 0 Å². The maximum absolute atomic E-state index is 11.7. The molecule has 15 heavy (non-hydrogen) atoms. The lowest BCUT2D eigenvalue weighted by Gasteiger charge is -2.26. The van der Waals surface area contributed by atoms with Crippen LogP contribution in [-0.2, 0) is 9.47 Å². The summed E-state index contributed by atoms with van der Waals surface area (Å²) in [7, 11) is 0. The number of hydrogen-bond donors (Lipinski definition) is 0. The van der Waals surface area contributed by atoms with Gasteiger partial charge in [-0.1, -0.05) is 6.58 Å². The molecule has 4 heteroatoms. The van der Waals surface area contributed by atoms with Crippen LogP contribution in [-0.4, -0.2) is 42.9 Å². The molecule has 1 amide bonds. The van der Waals surface area contributed by atoms with E-state index in [-0.39, 0.29) is 6.09 Å². The molecule has 0 radical (unpaired) electrons. The number of ether oxygens (including phenoxy) is 2. The smallest absolute Gasteiger partial charge is 0.410 e. The predicted octanol–water partition coefficient (Wildman–Crippen LogP) is 1.81. The van der Waals surface area contributed by atoms with Gasteiger partial charge in [0.1, 0.15) is 5.60 Å². The van der Waals surface area contributed by atoms with E-state index < -0.39 is 5.60 Å². The molecule has 0 aromatic carbocycles. The van der Waals surface area contributed by atoms with Crippen LogP contribution in [0.15, 0.2) is 12.2 Å². The van der Waals surface area contributed by atoms with E-state index in [0.29, 0.717) is 26.3 Å². The van der Waals surface area contributed by atoms with E-state index in [4.69, 9.17) is 9.47 Å². The molecule has 0 saturated carbocycles. The number of amides is 1. The lowest BCUT2D eigenvalue weighted by molar-refractivity contribution is 0.0249. The van der Waals surface area contributed by atoms with E-state index in [1.165, 1.54) is 0 Å². The summed E-state index contributed by atoms with van der Waals surface area (Å²) in [5.41, 5.74) is 0.448. The summed E-state index contributed by atoms with van der Waals surface area (Å²) in [5.74, 6) is 0. The van der Waals surface area contributed by atoms with Crippen LogP contribution in [0.4, 0.5) is 4.79 Å². The van der Waals surface area contributed by atoms with Gasteiger partial charge in [0.2, 0.25) is 0 Å². The Bertz CT molecular complexity index is 255. The fourth-order valence-electron chi connectivity index (χ4n) is 1.27. The second-order valence-electron chi connectivity index (χ2n) is 4.70. The average molecular weight is 213 g/mol. The molecule has 1 heterocycles. The molecule has 0 N–H and O–H groups in total. The van der Waals surface area contributed by atoms with E-state index in [1.807, 2.05) is 20.8 Å². The molecule has 1 aliphatic heterocycles. The first kappa shape index (κ1) is 12.0. The Balaban J connectivity index is 2.54. The maximum Gasteiger partial charge on any atom is 0.410 e. The monoisotopic (exact) mass is 213 g/mol. The van der Waals surface area contributed by atoms with Crippen LogP contribution in [0.3, 0.4) is 0 Å². The fourth-order valence-corrected chi connectivity index (χ4v) is 1.27. The molecule has 0 bridgehead atoms. The van der Waals surface area contributed by atoms with Crippen LogP contribution < -0.4 is 0 Å². The first-order chi connectivity index (χ1) is 6.88. The highest BCUT2D eigenvalue weighted by Gasteiger charge is 2.23. The van der Waals surface area contributed by atoms with Crippen molar-refractivity contribution >= 4 is 6.09 Å². The third-order valence-corrected chi connectivity index (χ3v) is 1.88. The van der Waals surface area contributed by atoms with Crippen molar-refractivity contribution in [3.05, 3.63) is 12.2 Å². The minimum absolute atomic E-state index is 0.297. The summed E-state index contributed by atoms with van der Waals surface area (Å²) in [4.78, 5) is 13.3. The van der Waals surface area contributed by atoms with Crippen molar-refractivity contribution in [1.82, 2.24) is 4.90 Å². The second kappa shape index (κ2) is 4.66. The summed E-state index contributed by atoms with van der Waals surface area (Å²) in [6.07, 6.45) is -0.297. The van der Waals surface area contributed by atoms with Crippen LogP contribution in [0.5, 0.6) is 0 Å². The van der Waals surface area contributed by atoms with Crippen molar-refractivity contribution in [3.8, 4) is 0 Å². The molecule has 1 saturated heterocycles. The third kappa shape index (κ3) is 4.34. The van der Waals surface area contributed by atoms with Gasteiger partial charge < -0.3 is 14.4 Å². The van der Waals surface area contributed by atoms with Gasteiger partial charge in [0.05, 0.1) is 13.2 Å². The first-order valence-corrected chi connectivity index (χ1v) is 5.11. The van der Waals surface area contributed by atoms with Crippen LogP contribution in [0, 0.1) is 0 Å². The van der Waals surface area contributed by atoms with Crippen molar-refractivity contribution in [2.24, 2.45) is 0 Å². The van der Waals surface area contributed by atoms with Gasteiger partial charge in [0, 0.05) is 13.1 Å². The SMILES string of the molecule is C=C1COCCN(C(=O)OC(C)(C)C)C1. The molecular weight excluding hydrogens is 194 g/mol. The highest BCUT2D eigenvalue weighted by Crippen LogP contribution is 2.12. The van der Waals surface area contributed by atoms with E-state index in [0.717, 1.165) is 5.57 Å². The number of rotatable bonds is 0. The number of carbonyl (C=O) groups is 1. The quantitative estimate of drug-likeness (QED) is 0.576. The van der Waals surface area contributed by atoms with Gasteiger partial charge in [-0.05, 0) is 26.3 Å². The molecule has 1 rings (SSSR count). The molecule has 0 aromatic heterocycles. The number of carbonyl (C=O) groups excluding carboxylic acids is 1. The minimum atomic E-state index is -0.453. The van der Waals surface area contributed by atoms with Crippen LogP contribution >= 0.6 is 0 Å². The largest absolute Gasteiger partial charge is 0.444 e. The molecule has 1 aliphatic rings. The van der Waals surface area contributed by atoms with Gasteiger partial charge in [-0.2, -0.15) is 0 Å². The molecule has 0 aliphatic carbocycles. The Labute approximate surface area is 90.8 Å². The van der Waals surface area contributed by atoms with Crippen LogP contribution in [0.1, 0.15) is 20.8 Å². The van der Waals surface area contributed by atoms with E-state index in [2.05, 4.69) is 6.58 Å². The predicted molar refractivity (Wildman–Crippen MR) is 57.8 cm³/mol. The standard InChI is InChI=1S/C11H19NO3/c1-9-7-12(5-6-14-8-9)10(13)15-11(2,3)4/h1,5-8H2,2-4H3. The zero-order chi connectivity index (χ0) is 11.5. The zero-order valence-corrected chi connectivity index (χ0v) is 9.71. The lowest BCUT2D eigenvalue weighted by Crippen LogP contribution is -2.38. The van der Waals surface area contributed by atoms with Crippen molar-refractivity contribution in [2.75, 3.05) is 26.3 Å². The Hall–Kier alpha value is -1.03. The fraction of sp³-hybridized carbons (Fsp3) is 0.727. The Morgan fingerprint density at radius 1 is 1.53 bits per heavy atom. The van der Waals surface area contributed by atoms with Gasteiger partial charge in [0.25, 0.3) is 0 Å². The first-order valence-electron chi connectivity index (χ1n) is 5.11. The maximum atomic E-state index is 11.7. The van der Waals surface area contributed by atoms with E-state index in [9.17, 15) is 4.79 Å². The lowest BCUT2D eigenvalue weighted by atomic mass is 10.2. The minimum Gasteiger partial charge on any atom is -0.444 e. The Morgan fingerprint density at radius 2 is 2.20 bits per heavy atom. The van der Waals surface area contributed by atoms with Crippen LogP contribution in [0.2, 0.25) is 0 Å². The molecule has 0 unspecified atom stereocenters.